The predicted octanol–water partition coefficient (Wildman–Crippen LogP) is 4.51. The van der Waals surface area contributed by atoms with E-state index >= 15 is 0 Å². The molecule has 1 N–H and O–H groups in total. The van der Waals surface area contributed by atoms with E-state index in [1.807, 2.05) is 37.3 Å². The lowest BCUT2D eigenvalue weighted by molar-refractivity contribution is 0.340. The van der Waals surface area contributed by atoms with E-state index in [1.165, 1.54) is 5.56 Å². The molecule has 3 nitrogen and oxygen atoms in total. The van der Waals surface area contributed by atoms with Gasteiger partial charge in [0.15, 0.2) is 0 Å². The molecule has 0 atom stereocenters. The normalized spacial score (nSPS) is 10.3. The summed E-state index contributed by atoms with van der Waals surface area (Å²) < 4.78 is 6.18. The summed E-state index contributed by atoms with van der Waals surface area (Å²) in [6, 6.07) is 9.92. The molecule has 0 saturated heterocycles. The second kappa shape index (κ2) is 6.78. The minimum absolute atomic E-state index is 0.464. The van der Waals surface area contributed by atoms with E-state index in [1.54, 1.807) is 6.20 Å². The largest absolute Gasteiger partial charge is 0.494 e. The lowest BCUT2D eigenvalue weighted by Crippen LogP contribution is -2.00. The minimum atomic E-state index is 0.464. The van der Waals surface area contributed by atoms with E-state index < -0.39 is 0 Å². The molecule has 0 spiro atoms. The van der Waals surface area contributed by atoms with Crippen LogP contribution in [0, 0.1) is 0 Å². The molecule has 0 amide bonds. The molecular weight excluding hydrogens is 328 g/mol. The van der Waals surface area contributed by atoms with E-state index in [2.05, 4.69) is 26.2 Å². The van der Waals surface area contributed by atoms with Crippen molar-refractivity contribution < 1.29 is 4.74 Å². The van der Waals surface area contributed by atoms with Gasteiger partial charge in [-0.05, 0) is 46.6 Å². The van der Waals surface area contributed by atoms with Crippen LogP contribution in [-0.4, -0.2) is 11.6 Å². The van der Waals surface area contributed by atoms with Crippen molar-refractivity contribution in [2.24, 2.45) is 0 Å². The fourth-order valence-corrected chi connectivity index (χ4v) is 2.04. The number of pyridine rings is 1. The highest BCUT2D eigenvalue weighted by atomic mass is 79.9. The monoisotopic (exact) mass is 340 g/mol. The molecule has 2 aromatic rings. The first-order valence-corrected chi connectivity index (χ1v) is 7.13. The molecule has 0 aliphatic rings. The lowest BCUT2D eigenvalue weighted by atomic mass is 10.2. The Morgan fingerprint density at radius 3 is 2.68 bits per heavy atom. The van der Waals surface area contributed by atoms with Crippen LogP contribution >= 0.6 is 27.5 Å². The Balaban J connectivity index is 1.96. The van der Waals surface area contributed by atoms with Crippen molar-refractivity contribution in [3.63, 3.8) is 0 Å². The number of ether oxygens (including phenoxy) is 1. The molecule has 0 radical (unpaired) electrons. The van der Waals surface area contributed by atoms with Crippen LogP contribution in [0.25, 0.3) is 0 Å². The number of halogens is 2. The molecule has 100 valence electrons. The Morgan fingerprint density at radius 2 is 2.05 bits per heavy atom. The Hall–Kier alpha value is -1.26. The molecule has 1 heterocycles. The first-order valence-electron chi connectivity index (χ1n) is 5.95. The van der Waals surface area contributed by atoms with Gasteiger partial charge in [0.2, 0.25) is 0 Å². The van der Waals surface area contributed by atoms with E-state index in [-0.39, 0.29) is 0 Å². The summed E-state index contributed by atoms with van der Waals surface area (Å²) in [6.07, 6.45) is 1.71. The van der Waals surface area contributed by atoms with Crippen LogP contribution in [0.4, 0.5) is 5.69 Å². The number of nitrogens with zero attached hydrogens (tertiary/aromatic N) is 1. The third kappa shape index (κ3) is 4.11. The quantitative estimate of drug-likeness (QED) is 0.813. The zero-order chi connectivity index (χ0) is 13.7. The minimum Gasteiger partial charge on any atom is -0.494 e. The van der Waals surface area contributed by atoms with Crippen LogP contribution in [-0.2, 0) is 6.54 Å². The van der Waals surface area contributed by atoms with Crippen molar-refractivity contribution in [1.82, 2.24) is 4.98 Å². The molecule has 0 bridgehead atoms. The van der Waals surface area contributed by atoms with Gasteiger partial charge in [-0.15, -0.1) is 0 Å². The van der Waals surface area contributed by atoms with Crippen molar-refractivity contribution in [2.45, 2.75) is 13.5 Å². The molecule has 0 saturated carbocycles. The first-order chi connectivity index (χ1) is 9.19. The molecule has 19 heavy (non-hydrogen) atoms. The summed E-state index contributed by atoms with van der Waals surface area (Å²) >= 11 is 9.19. The zero-order valence-electron chi connectivity index (χ0n) is 10.5. The van der Waals surface area contributed by atoms with Crippen molar-refractivity contribution in [1.29, 1.82) is 0 Å². The van der Waals surface area contributed by atoms with Crippen molar-refractivity contribution in [3.05, 3.63) is 51.7 Å². The average molecular weight is 342 g/mol. The number of rotatable bonds is 5. The van der Waals surface area contributed by atoms with E-state index in [4.69, 9.17) is 16.3 Å². The molecule has 1 aromatic carbocycles. The summed E-state index contributed by atoms with van der Waals surface area (Å²) in [4.78, 5) is 4.07. The number of nitrogens with one attached hydrogen (secondary N) is 1. The SMILES string of the molecule is CCOc1ccc(CNc2cnc(Cl)c(Br)c2)cc1. The van der Waals surface area contributed by atoms with Gasteiger partial charge >= 0.3 is 0 Å². The molecule has 0 fully saturated rings. The maximum atomic E-state index is 5.85. The summed E-state index contributed by atoms with van der Waals surface area (Å²) in [5.41, 5.74) is 2.10. The Bertz CT molecular complexity index is 546. The number of benzene rings is 1. The first kappa shape index (κ1) is 14.2. The van der Waals surface area contributed by atoms with Crippen molar-refractivity contribution >= 4 is 33.2 Å². The molecule has 0 aliphatic carbocycles. The number of hydrogen-bond acceptors (Lipinski definition) is 3. The van der Waals surface area contributed by atoms with Gasteiger partial charge in [-0.3, -0.25) is 0 Å². The van der Waals surface area contributed by atoms with E-state index in [9.17, 15) is 0 Å². The second-order valence-electron chi connectivity index (χ2n) is 3.93. The van der Waals surface area contributed by atoms with Gasteiger partial charge in [0.25, 0.3) is 0 Å². The summed E-state index contributed by atoms with van der Waals surface area (Å²) in [5, 5.41) is 3.75. The van der Waals surface area contributed by atoms with Gasteiger partial charge in [0.05, 0.1) is 23.0 Å². The standard InChI is InChI=1S/C14H14BrClN2O/c1-2-19-12-5-3-10(4-6-12)8-17-11-7-13(15)14(16)18-9-11/h3-7,9,17H,2,8H2,1H3. The molecular formula is C14H14BrClN2O. The molecule has 0 aliphatic heterocycles. The number of aromatic nitrogens is 1. The van der Waals surface area contributed by atoms with Crippen LogP contribution in [0.2, 0.25) is 5.15 Å². The molecule has 5 heteroatoms. The molecule has 1 aromatic heterocycles. The number of anilines is 1. The average Bonchev–Trinajstić information content (AvgIpc) is 2.42. The third-order valence-corrected chi connectivity index (χ3v) is 3.66. The van der Waals surface area contributed by atoms with Crippen molar-refractivity contribution in [2.75, 3.05) is 11.9 Å². The van der Waals surface area contributed by atoms with Gasteiger partial charge in [0, 0.05) is 6.54 Å². The van der Waals surface area contributed by atoms with E-state index in [0.29, 0.717) is 11.8 Å². The second-order valence-corrected chi connectivity index (χ2v) is 5.14. The Kier molecular flexibility index (Phi) is 5.05. The summed E-state index contributed by atoms with van der Waals surface area (Å²) in [5.74, 6) is 0.891. The van der Waals surface area contributed by atoms with Crippen LogP contribution in [0.1, 0.15) is 12.5 Å². The van der Waals surface area contributed by atoms with Gasteiger partial charge in [-0.25, -0.2) is 4.98 Å². The maximum Gasteiger partial charge on any atom is 0.143 e. The third-order valence-electron chi connectivity index (χ3n) is 2.53. The Morgan fingerprint density at radius 1 is 1.32 bits per heavy atom. The maximum absolute atomic E-state index is 5.85. The van der Waals surface area contributed by atoms with Gasteiger partial charge < -0.3 is 10.1 Å². The topological polar surface area (TPSA) is 34.1 Å². The van der Waals surface area contributed by atoms with Crippen LogP contribution in [0.3, 0.4) is 0 Å². The fourth-order valence-electron chi connectivity index (χ4n) is 1.59. The van der Waals surface area contributed by atoms with E-state index in [0.717, 1.165) is 22.5 Å². The lowest BCUT2D eigenvalue weighted by Gasteiger charge is -2.08. The highest BCUT2D eigenvalue weighted by Gasteiger charge is 2.00. The summed E-state index contributed by atoms with van der Waals surface area (Å²) in [7, 11) is 0. The van der Waals surface area contributed by atoms with Gasteiger partial charge in [-0.1, -0.05) is 23.7 Å². The molecule has 2 rings (SSSR count). The summed E-state index contributed by atoms with van der Waals surface area (Å²) in [6.45, 7) is 3.38. The van der Waals surface area contributed by atoms with Crippen LogP contribution in [0.5, 0.6) is 5.75 Å². The van der Waals surface area contributed by atoms with Gasteiger partial charge in [0.1, 0.15) is 10.9 Å². The van der Waals surface area contributed by atoms with Crippen LogP contribution < -0.4 is 10.1 Å². The van der Waals surface area contributed by atoms with Gasteiger partial charge in [-0.2, -0.15) is 0 Å². The number of hydrogen-bond donors (Lipinski definition) is 1. The predicted molar refractivity (Wildman–Crippen MR) is 81.9 cm³/mol. The Labute approximate surface area is 126 Å². The highest BCUT2D eigenvalue weighted by molar-refractivity contribution is 9.10. The van der Waals surface area contributed by atoms with Crippen LogP contribution in [0.15, 0.2) is 41.0 Å². The smallest absolute Gasteiger partial charge is 0.143 e. The molecule has 0 unspecified atom stereocenters. The fraction of sp³-hybridized carbons (Fsp3) is 0.214. The van der Waals surface area contributed by atoms with Crippen molar-refractivity contribution in [3.8, 4) is 5.75 Å². The zero-order valence-corrected chi connectivity index (χ0v) is 12.8. The highest BCUT2D eigenvalue weighted by Crippen LogP contribution is 2.23.